The summed E-state index contributed by atoms with van der Waals surface area (Å²) in [6.07, 6.45) is 9.26. The number of aliphatic carboxylic acids is 1. The zero-order valence-electron chi connectivity index (χ0n) is 17.9. The fraction of sp³-hybridized carbons (Fsp3) is 0.958. The number of carboxylic acids is 1. The van der Waals surface area contributed by atoms with E-state index in [0.29, 0.717) is 35.5 Å². The lowest BCUT2D eigenvalue weighted by Crippen LogP contribution is -2.58. The highest BCUT2D eigenvalue weighted by Gasteiger charge is 2.63. The highest BCUT2D eigenvalue weighted by Crippen LogP contribution is 2.68. The Bertz CT molecular complexity index is 605. The maximum absolute atomic E-state index is 11.5. The summed E-state index contributed by atoms with van der Waals surface area (Å²) in [4.78, 5) is 11.1. The van der Waals surface area contributed by atoms with Crippen molar-refractivity contribution in [2.45, 2.75) is 97.2 Å². The van der Waals surface area contributed by atoms with Gasteiger partial charge in [0.2, 0.25) is 0 Å². The molecule has 0 radical (unpaired) electrons. The summed E-state index contributed by atoms with van der Waals surface area (Å²) in [5, 5.41) is 30.8. The molecule has 4 heteroatoms. The number of carboxylic acid groups (broad SMARTS) is 1. The zero-order valence-corrected chi connectivity index (χ0v) is 17.9. The van der Waals surface area contributed by atoms with E-state index in [-0.39, 0.29) is 29.5 Å². The summed E-state index contributed by atoms with van der Waals surface area (Å²) >= 11 is 0. The molecule has 0 heterocycles. The summed E-state index contributed by atoms with van der Waals surface area (Å²) in [6.45, 7) is 6.99. The smallest absolute Gasteiger partial charge is 0.303 e. The van der Waals surface area contributed by atoms with Gasteiger partial charge in [0.05, 0.1) is 12.2 Å². The Morgan fingerprint density at radius 1 is 1.04 bits per heavy atom. The molecule has 4 aliphatic carbocycles. The second kappa shape index (κ2) is 7.27. The van der Waals surface area contributed by atoms with Crippen LogP contribution in [0.5, 0.6) is 0 Å². The van der Waals surface area contributed by atoms with Gasteiger partial charge in [0.1, 0.15) is 0 Å². The van der Waals surface area contributed by atoms with E-state index in [2.05, 4.69) is 20.8 Å². The zero-order chi connectivity index (χ0) is 20.3. The van der Waals surface area contributed by atoms with Gasteiger partial charge in [-0.15, -0.1) is 0 Å². The summed E-state index contributed by atoms with van der Waals surface area (Å²) < 4.78 is 0. The van der Waals surface area contributed by atoms with Gasteiger partial charge in [-0.2, -0.15) is 0 Å². The van der Waals surface area contributed by atoms with Gasteiger partial charge in [0.25, 0.3) is 0 Å². The molecule has 160 valence electrons. The van der Waals surface area contributed by atoms with Crippen LogP contribution in [0.1, 0.15) is 85.0 Å². The van der Waals surface area contributed by atoms with Crippen LogP contribution in [0, 0.1) is 46.3 Å². The molecule has 0 amide bonds. The van der Waals surface area contributed by atoms with Gasteiger partial charge < -0.3 is 15.3 Å². The minimum Gasteiger partial charge on any atom is -0.481 e. The average molecular weight is 393 g/mol. The summed E-state index contributed by atoms with van der Waals surface area (Å²) in [6, 6.07) is 0. The van der Waals surface area contributed by atoms with Crippen molar-refractivity contribution >= 4 is 5.97 Å². The van der Waals surface area contributed by atoms with Crippen LogP contribution in [0.2, 0.25) is 0 Å². The second-order valence-corrected chi connectivity index (χ2v) is 11.3. The third-order valence-corrected chi connectivity index (χ3v) is 10.3. The van der Waals surface area contributed by atoms with Crippen molar-refractivity contribution in [3.8, 4) is 0 Å². The lowest BCUT2D eigenvalue weighted by atomic mass is 9.43. The summed E-state index contributed by atoms with van der Waals surface area (Å²) in [5.41, 5.74) is 0.216. The minimum atomic E-state index is -0.707. The van der Waals surface area contributed by atoms with E-state index in [1.807, 2.05) is 0 Å². The van der Waals surface area contributed by atoms with Gasteiger partial charge in [-0.1, -0.05) is 20.8 Å². The van der Waals surface area contributed by atoms with Crippen LogP contribution in [0.15, 0.2) is 0 Å². The Balaban J connectivity index is 1.56. The van der Waals surface area contributed by atoms with Crippen molar-refractivity contribution in [2.75, 3.05) is 0 Å². The lowest BCUT2D eigenvalue weighted by molar-refractivity contribution is -0.175. The summed E-state index contributed by atoms with van der Waals surface area (Å²) in [5.74, 6) is 2.55. The Hall–Kier alpha value is -0.610. The van der Waals surface area contributed by atoms with Crippen molar-refractivity contribution in [2.24, 2.45) is 46.3 Å². The Morgan fingerprint density at radius 3 is 2.50 bits per heavy atom. The number of fused-ring (bicyclic) bond motifs is 5. The van der Waals surface area contributed by atoms with Crippen LogP contribution in [-0.2, 0) is 4.79 Å². The third kappa shape index (κ3) is 3.05. The molecule has 0 bridgehead atoms. The van der Waals surface area contributed by atoms with E-state index in [4.69, 9.17) is 5.11 Å². The fourth-order valence-electron chi connectivity index (χ4n) is 8.71. The number of hydrogen-bond acceptors (Lipinski definition) is 3. The molecule has 4 nitrogen and oxygen atoms in total. The van der Waals surface area contributed by atoms with Crippen molar-refractivity contribution in [3.63, 3.8) is 0 Å². The molecule has 0 aromatic carbocycles. The van der Waals surface area contributed by atoms with E-state index in [9.17, 15) is 15.0 Å². The molecule has 4 aliphatic rings. The summed E-state index contributed by atoms with van der Waals surface area (Å²) in [7, 11) is 0. The molecule has 4 saturated carbocycles. The van der Waals surface area contributed by atoms with E-state index < -0.39 is 5.97 Å². The van der Waals surface area contributed by atoms with Crippen LogP contribution in [-0.4, -0.2) is 33.5 Å². The number of aliphatic hydroxyl groups excluding tert-OH is 2. The molecule has 4 fully saturated rings. The van der Waals surface area contributed by atoms with Gasteiger partial charge in [-0.05, 0) is 104 Å². The molecular weight excluding hydrogens is 352 g/mol. The van der Waals surface area contributed by atoms with Gasteiger partial charge in [-0.3, -0.25) is 4.79 Å². The standard InChI is InChI=1S/C24H40O4/c1-14(4-9-22(27)28)18-7-8-19-17-6-5-15-12-16(25)10-11-23(15,2)20(17)13-21(26)24(18,19)3/h14-21,25-26H,4-13H2,1-3H3,(H,27,28)/t14?,15-,16-,17?,18?,19?,20?,21+,23+,24-/m1/s1. The molecule has 0 saturated heterocycles. The highest BCUT2D eigenvalue weighted by atomic mass is 16.4. The normalized spacial score (nSPS) is 51.7. The molecule has 0 aromatic heterocycles. The molecule has 5 unspecified atom stereocenters. The van der Waals surface area contributed by atoms with Crippen LogP contribution in [0.4, 0.5) is 0 Å². The number of aliphatic hydroxyl groups is 2. The largest absolute Gasteiger partial charge is 0.481 e. The number of carbonyl (C=O) groups is 1. The molecule has 10 atom stereocenters. The first-order chi connectivity index (χ1) is 13.2. The van der Waals surface area contributed by atoms with E-state index in [0.717, 1.165) is 38.5 Å². The SMILES string of the molecule is CC(CCC(=O)O)C1CCC2C3CC[C@@H]4C[C@H](O)CC[C@]4(C)C3C[C@H](O)[C@]12C. The highest BCUT2D eigenvalue weighted by molar-refractivity contribution is 5.66. The van der Waals surface area contributed by atoms with Crippen LogP contribution in [0.25, 0.3) is 0 Å². The molecule has 3 N–H and O–H groups in total. The van der Waals surface area contributed by atoms with Crippen molar-refractivity contribution in [1.82, 2.24) is 0 Å². The molecule has 0 spiro atoms. The number of hydrogen-bond donors (Lipinski definition) is 3. The second-order valence-electron chi connectivity index (χ2n) is 11.3. The molecule has 4 rings (SSSR count). The molecule has 0 aliphatic heterocycles. The predicted molar refractivity (Wildman–Crippen MR) is 109 cm³/mol. The Morgan fingerprint density at radius 2 is 1.79 bits per heavy atom. The predicted octanol–water partition coefficient (Wildman–Crippen LogP) is 4.48. The molecule has 0 aromatic rings. The monoisotopic (exact) mass is 392 g/mol. The lowest BCUT2D eigenvalue weighted by Gasteiger charge is -2.62. The minimum absolute atomic E-state index is 0.0591. The van der Waals surface area contributed by atoms with Crippen molar-refractivity contribution in [1.29, 1.82) is 0 Å². The first-order valence-electron chi connectivity index (χ1n) is 11.8. The number of rotatable bonds is 4. The topological polar surface area (TPSA) is 77.8 Å². The first-order valence-corrected chi connectivity index (χ1v) is 11.8. The van der Waals surface area contributed by atoms with E-state index >= 15 is 0 Å². The maximum Gasteiger partial charge on any atom is 0.303 e. The maximum atomic E-state index is 11.5. The first kappa shape index (κ1) is 20.7. The Labute approximate surface area is 170 Å². The van der Waals surface area contributed by atoms with Crippen molar-refractivity contribution < 1.29 is 20.1 Å². The van der Waals surface area contributed by atoms with Crippen LogP contribution < -0.4 is 0 Å². The quantitative estimate of drug-likeness (QED) is 0.659. The van der Waals surface area contributed by atoms with Gasteiger partial charge >= 0.3 is 5.97 Å². The van der Waals surface area contributed by atoms with E-state index in [1.165, 1.54) is 19.3 Å². The Kier molecular flexibility index (Phi) is 5.36. The van der Waals surface area contributed by atoms with E-state index in [1.54, 1.807) is 0 Å². The molecular formula is C24H40O4. The van der Waals surface area contributed by atoms with Crippen LogP contribution in [0.3, 0.4) is 0 Å². The fourth-order valence-corrected chi connectivity index (χ4v) is 8.71. The molecule has 28 heavy (non-hydrogen) atoms. The van der Waals surface area contributed by atoms with Gasteiger partial charge in [0.15, 0.2) is 0 Å². The third-order valence-electron chi connectivity index (χ3n) is 10.3. The van der Waals surface area contributed by atoms with Gasteiger partial charge in [-0.25, -0.2) is 0 Å². The van der Waals surface area contributed by atoms with Gasteiger partial charge in [0, 0.05) is 6.42 Å². The van der Waals surface area contributed by atoms with Crippen LogP contribution >= 0.6 is 0 Å². The average Bonchev–Trinajstić information content (AvgIpc) is 3.00. The van der Waals surface area contributed by atoms with Crippen molar-refractivity contribution in [3.05, 3.63) is 0 Å².